The molecule has 1 atom stereocenters. The molecule has 2 rings (SSSR count). The highest BCUT2D eigenvalue weighted by Crippen LogP contribution is 2.21. The summed E-state index contributed by atoms with van der Waals surface area (Å²) in [5, 5.41) is -0.354. The van der Waals surface area contributed by atoms with Crippen molar-refractivity contribution in [1.82, 2.24) is 14.7 Å². The number of aryl methyl sites for hydroxylation is 1. The molecule has 0 bridgehead atoms. The van der Waals surface area contributed by atoms with Crippen molar-refractivity contribution in [3.05, 3.63) is 18.1 Å². The van der Waals surface area contributed by atoms with Crippen molar-refractivity contribution in [3.63, 3.8) is 0 Å². The van der Waals surface area contributed by atoms with Gasteiger partial charge in [-0.2, -0.15) is 0 Å². The van der Waals surface area contributed by atoms with Crippen LogP contribution in [0, 0.1) is 6.92 Å². The van der Waals surface area contributed by atoms with Crippen molar-refractivity contribution < 1.29 is 8.42 Å². The number of nitrogens with one attached hydrogen (secondary N) is 1. The van der Waals surface area contributed by atoms with E-state index in [1.54, 1.807) is 6.92 Å². The lowest BCUT2D eigenvalue weighted by Crippen LogP contribution is -2.36. The standard InChI is InChI=1S/C11H18N4O2S/c1-3-14-18(16,17)10-4-5-15(7-10)11-6-9(2)12-8-13-11/h6,8,10,14H,3-5,7H2,1-2H3/t10-/m0/s1. The Morgan fingerprint density at radius 3 is 2.94 bits per heavy atom. The number of hydrogen-bond donors (Lipinski definition) is 1. The maximum absolute atomic E-state index is 11.9. The Bertz CT molecular complexity index is 518. The molecule has 1 N–H and O–H groups in total. The Morgan fingerprint density at radius 1 is 1.50 bits per heavy atom. The average molecular weight is 270 g/mol. The van der Waals surface area contributed by atoms with E-state index in [1.165, 1.54) is 6.33 Å². The van der Waals surface area contributed by atoms with Crippen molar-refractivity contribution >= 4 is 15.8 Å². The van der Waals surface area contributed by atoms with Gasteiger partial charge in [0.1, 0.15) is 12.1 Å². The molecule has 0 aliphatic carbocycles. The van der Waals surface area contributed by atoms with E-state index in [-0.39, 0.29) is 5.25 Å². The van der Waals surface area contributed by atoms with Crippen LogP contribution < -0.4 is 9.62 Å². The average Bonchev–Trinajstić information content (AvgIpc) is 2.78. The van der Waals surface area contributed by atoms with Crippen molar-refractivity contribution in [2.24, 2.45) is 0 Å². The second-order valence-corrected chi connectivity index (χ2v) is 6.46. The van der Waals surface area contributed by atoms with E-state index in [0.717, 1.165) is 11.5 Å². The van der Waals surface area contributed by atoms with Crippen LogP contribution in [0.5, 0.6) is 0 Å². The molecule has 0 aromatic carbocycles. The summed E-state index contributed by atoms with van der Waals surface area (Å²) in [7, 11) is -3.20. The first kappa shape index (κ1) is 13.2. The zero-order valence-electron chi connectivity index (χ0n) is 10.6. The number of nitrogens with zero attached hydrogens (tertiary/aromatic N) is 3. The number of hydrogen-bond acceptors (Lipinski definition) is 5. The van der Waals surface area contributed by atoms with Crippen LogP contribution in [0.2, 0.25) is 0 Å². The summed E-state index contributed by atoms with van der Waals surface area (Å²) in [5.41, 5.74) is 0.887. The molecule has 18 heavy (non-hydrogen) atoms. The SMILES string of the molecule is CCNS(=O)(=O)[C@H]1CCN(c2cc(C)ncn2)C1. The van der Waals surface area contributed by atoms with E-state index in [4.69, 9.17) is 0 Å². The highest BCUT2D eigenvalue weighted by atomic mass is 32.2. The molecule has 0 unspecified atom stereocenters. The Balaban J connectivity index is 2.09. The molecule has 0 saturated carbocycles. The van der Waals surface area contributed by atoms with Crippen LogP contribution in [0.4, 0.5) is 5.82 Å². The summed E-state index contributed by atoms with van der Waals surface area (Å²) in [6, 6.07) is 1.88. The fourth-order valence-electron chi connectivity index (χ4n) is 2.12. The number of rotatable bonds is 4. The number of anilines is 1. The molecule has 0 radical (unpaired) electrons. The van der Waals surface area contributed by atoms with E-state index in [9.17, 15) is 8.42 Å². The Hall–Kier alpha value is -1.21. The van der Waals surface area contributed by atoms with Crippen LogP contribution >= 0.6 is 0 Å². The first-order valence-electron chi connectivity index (χ1n) is 6.05. The van der Waals surface area contributed by atoms with Crippen molar-refractivity contribution in [1.29, 1.82) is 0 Å². The first-order valence-corrected chi connectivity index (χ1v) is 7.59. The second kappa shape index (κ2) is 5.19. The second-order valence-electron chi connectivity index (χ2n) is 4.42. The molecule has 1 aliphatic heterocycles. The molecule has 1 aliphatic rings. The highest BCUT2D eigenvalue weighted by Gasteiger charge is 2.33. The van der Waals surface area contributed by atoms with Gasteiger partial charge in [-0.05, 0) is 13.3 Å². The van der Waals surface area contributed by atoms with Crippen LogP contribution in [-0.2, 0) is 10.0 Å². The number of aromatic nitrogens is 2. The lowest BCUT2D eigenvalue weighted by molar-refractivity contribution is 0.571. The molecule has 1 aromatic rings. The van der Waals surface area contributed by atoms with Crippen LogP contribution in [0.15, 0.2) is 12.4 Å². The minimum Gasteiger partial charge on any atom is -0.355 e. The van der Waals surface area contributed by atoms with Gasteiger partial charge in [0.05, 0.1) is 5.25 Å². The Morgan fingerprint density at radius 2 is 2.28 bits per heavy atom. The minimum absolute atomic E-state index is 0.354. The molecular formula is C11H18N4O2S. The molecular weight excluding hydrogens is 252 g/mol. The van der Waals surface area contributed by atoms with Crippen LogP contribution in [0.25, 0.3) is 0 Å². The van der Waals surface area contributed by atoms with Crippen molar-refractivity contribution in [2.75, 3.05) is 24.5 Å². The van der Waals surface area contributed by atoms with Gasteiger partial charge in [0.2, 0.25) is 10.0 Å². The highest BCUT2D eigenvalue weighted by molar-refractivity contribution is 7.90. The summed E-state index contributed by atoms with van der Waals surface area (Å²) in [5.74, 6) is 0.802. The maximum atomic E-state index is 11.9. The van der Waals surface area contributed by atoms with Gasteiger partial charge in [0.25, 0.3) is 0 Å². The monoisotopic (exact) mass is 270 g/mol. The third-order valence-corrected chi connectivity index (χ3v) is 5.00. The Labute approximate surface area is 107 Å². The predicted octanol–water partition coefficient (Wildman–Crippen LogP) is 0.303. The summed E-state index contributed by atoms with van der Waals surface area (Å²) in [4.78, 5) is 10.2. The third-order valence-electron chi connectivity index (χ3n) is 3.04. The predicted molar refractivity (Wildman–Crippen MR) is 70.0 cm³/mol. The van der Waals surface area contributed by atoms with Gasteiger partial charge in [-0.3, -0.25) is 0 Å². The van der Waals surface area contributed by atoms with Crippen LogP contribution in [-0.4, -0.2) is 43.3 Å². The van der Waals surface area contributed by atoms with E-state index in [2.05, 4.69) is 14.7 Å². The van der Waals surface area contributed by atoms with Gasteiger partial charge in [-0.15, -0.1) is 0 Å². The van der Waals surface area contributed by atoms with E-state index >= 15 is 0 Å². The zero-order valence-corrected chi connectivity index (χ0v) is 11.4. The van der Waals surface area contributed by atoms with Gasteiger partial charge in [0.15, 0.2) is 0 Å². The van der Waals surface area contributed by atoms with Crippen LogP contribution in [0.1, 0.15) is 19.0 Å². The number of sulfonamides is 1. The van der Waals surface area contributed by atoms with Crippen LogP contribution in [0.3, 0.4) is 0 Å². The van der Waals surface area contributed by atoms with E-state index in [1.807, 2.05) is 17.9 Å². The smallest absolute Gasteiger partial charge is 0.216 e. The molecule has 7 heteroatoms. The molecule has 1 saturated heterocycles. The van der Waals surface area contributed by atoms with Gasteiger partial charge in [-0.1, -0.05) is 6.92 Å². The molecule has 6 nitrogen and oxygen atoms in total. The first-order chi connectivity index (χ1) is 8.53. The van der Waals surface area contributed by atoms with E-state index in [0.29, 0.717) is 26.1 Å². The fourth-order valence-corrected chi connectivity index (χ4v) is 3.55. The molecule has 0 spiro atoms. The van der Waals surface area contributed by atoms with E-state index < -0.39 is 10.0 Å². The largest absolute Gasteiger partial charge is 0.355 e. The lowest BCUT2D eigenvalue weighted by atomic mass is 10.4. The zero-order chi connectivity index (χ0) is 13.2. The normalized spacial score (nSPS) is 20.3. The van der Waals surface area contributed by atoms with Gasteiger partial charge < -0.3 is 4.90 Å². The molecule has 100 valence electrons. The lowest BCUT2D eigenvalue weighted by Gasteiger charge is -2.17. The topological polar surface area (TPSA) is 75.2 Å². The minimum atomic E-state index is -3.20. The summed E-state index contributed by atoms with van der Waals surface area (Å²) in [6.07, 6.45) is 2.15. The van der Waals surface area contributed by atoms with Gasteiger partial charge in [0, 0.05) is 31.4 Å². The molecule has 1 aromatic heterocycles. The molecule has 1 fully saturated rings. The van der Waals surface area contributed by atoms with Crippen molar-refractivity contribution in [2.45, 2.75) is 25.5 Å². The van der Waals surface area contributed by atoms with Gasteiger partial charge in [-0.25, -0.2) is 23.1 Å². The Kier molecular flexibility index (Phi) is 3.82. The maximum Gasteiger partial charge on any atom is 0.216 e. The molecule has 2 heterocycles. The van der Waals surface area contributed by atoms with Gasteiger partial charge >= 0.3 is 0 Å². The molecule has 0 amide bonds. The van der Waals surface area contributed by atoms with Crippen molar-refractivity contribution in [3.8, 4) is 0 Å². The summed E-state index contributed by atoms with van der Waals surface area (Å²) in [6.45, 7) is 5.33. The summed E-state index contributed by atoms with van der Waals surface area (Å²) >= 11 is 0. The quantitative estimate of drug-likeness (QED) is 0.852. The fraction of sp³-hybridized carbons (Fsp3) is 0.636. The summed E-state index contributed by atoms with van der Waals surface area (Å²) < 4.78 is 26.4. The third kappa shape index (κ3) is 2.78.